The molecular formula is C25H28N4O4S. The monoisotopic (exact) mass is 480 g/mol. The van der Waals surface area contributed by atoms with Crippen molar-refractivity contribution in [2.45, 2.75) is 31.2 Å². The van der Waals surface area contributed by atoms with Gasteiger partial charge in [-0.25, -0.2) is 18.1 Å². The number of rotatable bonds is 11. The van der Waals surface area contributed by atoms with E-state index in [2.05, 4.69) is 15.0 Å². The van der Waals surface area contributed by atoms with E-state index < -0.39 is 10.0 Å². The Hall–Kier alpha value is -3.27. The molecule has 0 aliphatic rings. The van der Waals surface area contributed by atoms with Crippen LogP contribution in [0.3, 0.4) is 0 Å². The van der Waals surface area contributed by atoms with Gasteiger partial charge in [0.25, 0.3) is 0 Å². The number of hydrogen-bond acceptors (Lipinski definition) is 5. The minimum absolute atomic E-state index is 0.0189. The number of para-hydroxylation sites is 2. The second-order valence-electron chi connectivity index (χ2n) is 7.83. The molecule has 0 fully saturated rings. The zero-order valence-corrected chi connectivity index (χ0v) is 19.8. The lowest BCUT2D eigenvalue weighted by Crippen LogP contribution is -2.28. The lowest BCUT2D eigenvalue weighted by Gasteiger charge is -2.11. The van der Waals surface area contributed by atoms with Crippen LogP contribution >= 0.6 is 0 Å². The summed E-state index contributed by atoms with van der Waals surface area (Å²) < 4.78 is 35.3. The first-order chi connectivity index (χ1) is 16.5. The Labute approximate surface area is 199 Å². The van der Waals surface area contributed by atoms with Gasteiger partial charge in [0.15, 0.2) is 0 Å². The highest BCUT2D eigenvalue weighted by Gasteiger charge is 2.16. The number of nitrogens with zero attached hydrogens (tertiary/aromatic N) is 2. The first-order valence-corrected chi connectivity index (χ1v) is 12.8. The Bertz CT molecular complexity index is 1400. The fourth-order valence-corrected chi connectivity index (χ4v) is 4.84. The van der Waals surface area contributed by atoms with Crippen molar-refractivity contribution in [1.82, 2.24) is 14.3 Å². The molecule has 0 aliphatic heterocycles. The van der Waals surface area contributed by atoms with E-state index in [0.29, 0.717) is 25.7 Å². The number of imidazole rings is 1. The number of anilines is 1. The standard InChI is InChI=1S/C25H28N4O4S/c1-2-33-17-7-16-29-23-11-6-5-10-22(23)27-25(29)28-24(30)14-15-26-34(31,32)21-13-12-19-8-3-4-9-20(19)18-21/h3-6,8-13,18,26H,2,7,14-17H2,1H3,(H,27,28,30). The van der Waals surface area contributed by atoms with Crippen molar-refractivity contribution in [2.24, 2.45) is 0 Å². The molecule has 34 heavy (non-hydrogen) atoms. The average molecular weight is 481 g/mol. The Morgan fingerprint density at radius 1 is 1.03 bits per heavy atom. The predicted molar refractivity (Wildman–Crippen MR) is 133 cm³/mol. The van der Waals surface area contributed by atoms with Crippen LogP contribution in [0.4, 0.5) is 5.95 Å². The van der Waals surface area contributed by atoms with Crippen LogP contribution in [0.5, 0.6) is 0 Å². The number of fused-ring (bicyclic) bond motifs is 2. The van der Waals surface area contributed by atoms with Gasteiger partial charge in [-0.3, -0.25) is 10.1 Å². The summed E-state index contributed by atoms with van der Waals surface area (Å²) in [7, 11) is -3.73. The van der Waals surface area contributed by atoms with Gasteiger partial charge in [-0.2, -0.15) is 0 Å². The van der Waals surface area contributed by atoms with Crippen molar-refractivity contribution >= 4 is 43.7 Å². The lowest BCUT2D eigenvalue weighted by molar-refractivity contribution is -0.116. The Balaban J connectivity index is 1.38. The van der Waals surface area contributed by atoms with Crippen LogP contribution in [0.25, 0.3) is 21.8 Å². The van der Waals surface area contributed by atoms with Gasteiger partial charge in [0.2, 0.25) is 21.9 Å². The fourth-order valence-electron chi connectivity index (χ4n) is 3.77. The molecule has 2 N–H and O–H groups in total. The van der Waals surface area contributed by atoms with Gasteiger partial charge in [0.1, 0.15) is 0 Å². The molecular weight excluding hydrogens is 452 g/mol. The van der Waals surface area contributed by atoms with Crippen molar-refractivity contribution in [3.63, 3.8) is 0 Å². The molecule has 0 atom stereocenters. The number of aryl methyl sites for hydroxylation is 1. The van der Waals surface area contributed by atoms with Crippen LogP contribution in [0.2, 0.25) is 0 Å². The summed E-state index contributed by atoms with van der Waals surface area (Å²) in [5.74, 6) is 0.127. The van der Waals surface area contributed by atoms with Crippen molar-refractivity contribution in [3.8, 4) is 0 Å². The topological polar surface area (TPSA) is 102 Å². The highest BCUT2D eigenvalue weighted by atomic mass is 32.2. The summed E-state index contributed by atoms with van der Waals surface area (Å²) in [5.41, 5.74) is 1.71. The Kier molecular flexibility index (Phi) is 7.56. The molecule has 4 rings (SSSR count). The molecule has 0 saturated carbocycles. The van der Waals surface area contributed by atoms with Crippen molar-refractivity contribution in [3.05, 3.63) is 66.7 Å². The lowest BCUT2D eigenvalue weighted by atomic mass is 10.1. The van der Waals surface area contributed by atoms with E-state index in [1.165, 1.54) is 0 Å². The molecule has 0 unspecified atom stereocenters. The molecule has 0 spiro atoms. The van der Waals surface area contributed by atoms with Crippen LogP contribution in [-0.4, -0.2) is 43.6 Å². The van der Waals surface area contributed by atoms with E-state index in [-0.39, 0.29) is 23.8 Å². The number of carbonyl (C=O) groups excluding carboxylic acids is 1. The highest BCUT2D eigenvalue weighted by molar-refractivity contribution is 7.89. The molecule has 1 heterocycles. The summed E-state index contributed by atoms with van der Waals surface area (Å²) in [6.45, 7) is 3.85. The first kappa shape index (κ1) is 23.9. The number of amides is 1. The second kappa shape index (κ2) is 10.8. The quantitative estimate of drug-likeness (QED) is 0.317. The van der Waals surface area contributed by atoms with Gasteiger partial charge in [0, 0.05) is 32.7 Å². The number of ether oxygens (including phenoxy) is 1. The third-order valence-corrected chi connectivity index (χ3v) is 6.91. The molecule has 9 heteroatoms. The third-order valence-electron chi connectivity index (χ3n) is 5.46. The van der Waals surface area contributed by atoms with Gasteiger partial charge in [0.05, 0.1) is 15.9 Å². The molecule has 3 aromatic carbocycles. The van der Waals surface area contributed by atoms with E-state index in [1.807, 2.05) is 60.0 Å². The van der Waals surface area contributed by atoms with Crippen LogP contribution in [0, 0.1) is 0 Å². The SMILES string of the molecule is CCOCCCn1c(NC(=O)CCNS(=O)(=O)c2ccc3ccccc3c2)nc2ccccc21. The van der Waals surface area contributed by atoms with Gasteiger partial charge in [-0.05, 0) is 48.4 Å². The molecule has 4 aromatic rings. The maximum atomic E-state index is 12.7. The number of sulfonamides is 1. The number of benzene rings is 3. The molecule has 0 bridgehead atoms. The van der Waals surface area contributed by atoms with Crippen LogP contribution in [-0.2, 0) is 26.1 Å². The Morgan fingerprint density at radius 3 is 2.62 bits per heavy atom. The molecule has 1 amide bonds. The normalized spacial score (nSPS) is 11.8. The van der Waals surface area contributed by atoms with E-state index in [0.717, 1.165) is 28.2 Å². The summed E-state index contributed by atoms with van der Waals surface area (Å²) in [6.07, 6.45) is 0.761. The zero-order chi connectivity index (χ0) is 24.0. The zero-order valence-electron chi connectivity index (χ0n) is 19.0. The summed E-state index contributed by atoms with van der Waals surface area (Å²) in [4.78, 5) is 17.3. The number of nitrogens with one attached hydrogen (secondary N) is 2. The van der Waals surface area contributed by atoms with Crippen molar-refractivity contribution in [2.75, 3.05) is 25.1 Å². The van der Waals surface area contributed by atoms with Crippen LogP contribution in [0.1, 0.15) is 19.8 Å². The van der Waals surface area contributed by atoms with Gasteiger partial charge >= 0.3 is 0 Å². The van der Waals surface area contributed by atoms with E-state index in [1.54, 1.807) is 18.2 Å². The van der Waals surface area contributed by atoms with Gasteiger partial charge in [-0.15, -0.1) is 0 Å². The first-order valence-electron chi connectivity index (χ1n) is 11.3. The summed E-state index contributed by atoms with van der Waals surface area (Å²) in [6, 6.07) is 20.2. The third kappa shape index (κ3) is 5.61. The number of carbonyl (C=O) groups is 1. The number of hydrogen-bond donors (Lipinski definition) is 2. The minimum Gasteiger partial charge on any atom is -0.382 e. The molecule has 0 aliphatic carbocycles. The number of aromatic nitrogens is 2. The van der Waals surface area contributed by atoms with E-state index in [4.69, 9.17) is 4.74 Å². The molecule has 8 nitrogen and oxygen atoms in total. The average Bonchev–Trinajstić information content (AvgIpc) is 3.18. The van der Waals surface area contributed by atoms with Gasteiger partial charge < -0.3 is 9.30 Å². The van der Waals surface area contributed by atoms with Crippen LogP contribution in [0.15, 0.2) is 71.6 Å². The molecule has 1 aromatic heterocycles. The maximum Gasteiger partial charge on any atom is 0.240 e. The smallest absolute Gasteiger partial charge is 0.240 e. The molecule has 178 valence electrons. The fraction of sp³-hybridized carbons (Fsp3) is 0.280. The summed E-state index contributed by atoms with van der Waals surface area (Å²) in [5, 5.41) is 4.63. The molecule has 0 radical (unpaired) electrons. The van der Waals surface area contributed by atoms with E-state index in [9.17, 15) is 13.2 Å². The Morgan fingerprint density at radius 2 is 1.79 bits per heavy atom. The van der Waals surface area contributed by atoms with Crippen molar-refractivity contribution in [1.29, 1.82) is 0 Å². The highest BCUT2D eigenvalue weighted by Crippen LogP contribution is 2.21. The molecule has 0 saturated heterocycles. The second-order valence-corrected chi connectivity index (χ2v) is 9.60. The predicted octanol–water partition coefficient (Wildman–Crippen LogP) is 3.92. The largest absolute Gasteiger partial charge is 0.382 e. The minimum atomic E-state index is -3.73. The van der Waals surface area contributed by atoms with Crippen molar-refractivity contribution < 1.29 is 17.9 Å². The maximum absolute atomic E-state index is 12.7. The van der Waals surface area contributed by atoms with E-state index >= 15 is 0 Å². The van der Waals surface area contributed by atoms with Gasteiger partial charge in [-0.1, -0.05) is 42.5 Å². The summed E-state index contributed by atoms with van der Waals surface area (Å²) >= 11 is 0. The van der Waals surface area contributed by atoms with Crippen LogP contribution < -0.4 is 10.0 Å².